The first kappa shape index (κ1) is 32.0. The molecule has 0 saturated heterocycles. The Morgan fingerprint density at radius 2 is 1.04 bits per heavy atom. The van der Waals surface area contributed by atoms with Crippen molar-refractivity contribution in [1.82, 2.24) is 15.0 Å². The minimum Gasteiger partial charge on any atom is -0.278 e. The Kier molecular flexibility index (Phi) is 7.16. The van der Waals surface area contributed by atoms with Crippen molar-refractivity contribution in [2.24, 2.45) is 0 Å². The zero-order valence-corrected chi connectivity index (χ0v) is 29.9. The summed E-state index contributed by atoms with van der Waals surface area (Å²) < 4.78 is 0. The summed E-state index contributed by atoms with van der Waals surface area (Å²) in [5.74, 6) is 0.362. The van der Waals surface area contributed by atoms with Crippen molar-refractivity contribution >= 4 is 17.3 Å². The Labute approximate surface area is 309 Å². The van der Waals surface area contributed by atoms with Gasteiger partial charge in [-0.05, 0) is 103 Å². The molecule has 0 fully saturated rings. The Hall–Kier alpha value is -6.89. The average Bonchev–Trinajstić information content (AvgIpc) is 3.58. The Morgan fingerprint density at radius 1 is 0.528 bits per heavy atom. The van der Waals surface area contributed by atoms with E-state index in [-0.39, 0.29) is 10.8 Å². The fourth-order valence-corrected chi connectivity index (χ4v) is 8.83. The minimum absolute atomic E-state index is 0.245. The number of nitrogens with zero attached hydrogens (tertiary/aromatic N) is 6. The number of fused-ring (bicyclic) bond motifs is 6. The molecule has 2 aliphatic carbocycles. The van der Waals surface area contributed by atoms with E-state index in [4.69, 9.17) is 0 Å². The monoisotopic (exact) mass is 682 g/mol. The first-order chi connectivity index (χ1) is 25.7. The molecule has 0 spiro atoms. The predicted molar refractivity (Wildman–Crippen MR) is 210 cm³/mol. The molecule has 6 nitrogen and oxygen atoms in total. The second kappa shape index (κ2) is 11.8. The van der Waals surface area contributed by atoms with Gasteiger partial charge in [-0.25, -0.2) is 15.0 Å². The molecule has 7 aromatic rings. The number of hydrogen-bond donors (Lipinski definition) is 0. The lowest BCUT2D eigenvalue weighted by Gasteiger charge is -2.28. The van der Waals surface area contributed by atoms with Gasteiger partial charge in [0.15, 0.2) is 0 Å². The standard InChI is InChI=1S/C47H34N6/c1-46(2)40-17-7-5-11-36(40)38-15-9-13-34(43(38)46)30-22-31(35-14-10-16-39-37-12-6-8-18-41(37)47(3,4)44(35)39)24-33(23-30)53(45-51-27-50-28-52-45)42-20-19-29(25-48)21-32(42)26-49/h5-24,27-28H,1-4H3. The molecule has 53 heavy (non-hydrogen) atoms. The molecule has 6 heteroatoms. The molecule has 0 unspecified atom stereocenters. The van der Waals surface area contributed by atoms with E-state index in [2.05, 4.69) is 158 Å². The molecule has 0 atom stereocenters. The Morgan fingerprint density at radius 3 is 1.57 bits per heavy atom. The van der Waals surface area contributed by atoms with Crippen molar-refractivity contribution in [3.05, 3.63) is 167 Å². The van der Waals surface area contributed by atoms with Gasteiger partial charge in [-0.15, -0.1) is 0 Å². The third-order valence-corrected chi connectivity index (χ3v) is 11.1. The fraction of sp³-hybridized carbons (Fsp3) is 0.128. The topological polar surface area (TPSA) is 89.5 Å². The molecule has 0 aliphatic heterocycles. The third-order valence-electron chi connectivity index (χ3n) is 11.1. The third kappa shape index (κ3) is 4.80. The van der Waals surface area contributed by atoms with Crippen LogP contribution in [-0.2, 0) is 10.8 Å². The zero-order valence-electron chi connectivity index (χ0n) is 29.9. The van der Waals surface area contributed by atoms with Crippen LogP contribution < -0.4 is 4.90 Å². The lowest BCUT2D eigenvalue weighted by Crippen LogP contribution is -2.17. The van der Waals surface area contributed by atoms with E-state index in [0.717, 1.165) is 27.9 Å². The molecular weight excluding hydrogens is 649 g/mol. The van der Waals surface area contributed by atoms with Gasteiger partial charge in [0, 0.05) is 10.8 Å². The number of nitriles is 2. The molecular formula is C47H34N6. The van der Waals surface area contributed by atoms with E-state index < -0.39 is 0 Å². The first-order valence-electron chi connectivity index (χ1n) is 17.7. The predicted octanol–water partition coefficient (Wildman–Crippen LogP) is 11.0. The molecule has 1 aromatic heterocycles. The molecule has 252 valence electrons. The Balaban J connectivity index is 1.36. The van der Waals surface area contributed by atoms with Crippen LogP contribution in [0.5, 0.6) is 0 Å². The fourth-order valence-electron chi connectivity index (χ4n) is 8.83. The van der Waals surface area contributed by atoms with Gasteiger partial charge in [0.2, 0.25) is 5.95 Å². The summed E-state index contributed by atoms with van der Waals surface area (Å²) in [6.07, 6.45) is 2.92. The maximum atomic E-state index is 10.4. The van der Waals surface area contributed by atoms with Gasteiger partial charge in [0.25, 0.3) is 0 Å². The Bertz CT molecular complexity index is 2590. The maximum absolute atomic E-state index is 10.4. The minimum atomic E-state index is -0.245. The lowest BCUT2D eigenvalue weighted by atomic mass is 9.77. The van der Waals surface area contributed by atoms with Crippen molar-refractivity contribution in [2.75, 3.05) is 4.90 Å². The van der Waals surface area contributed by atoms with Crippen LogP contribution in [0.1, 0.15) is 61.1 Å². The van der Waals surface area contributed by atoms with Gasteiger partial charge in [-0.1, -0.05) is 113 Å². The van der Waals surface area contributed by atoms with Crippen molar-refractivity contribution in [1.29, 1.82) is 10.5 Å². The van der Waals surface area contributed by atoms with Gasteiger partial charge < -0.3 is 0 Å². The van der Waals surface area contributed by atoms with Crippen LogP contribution in [0.25, 0.3) is 44.5 Å². The van der Waals surface area contributed by atoms with Crippen LogP contribution >= 0.6 is 0 Å². The normalized spacial score (nSPS) is 13.9. The first-order valence-corrected chi connectivity index (χ1v) is 17.7. The summed E-state index contributed by atoms with van der Waals surface area (Å²) in [4.78, 5) is 15.2. The molecule has 0 amide bonds. The second-order valence-corrected chi connectivity index (χ2v) is 14.8. The van der Waals surface area contributed by atoms with Gasteiger partial charge >= 0.3 is 0 Å². The summed E-state index contributed by atoms with van der Waals surface area (Å²) in [6, 6.07) is 46.9. The highest BCUT2D eigenvalue weighted by Gasteiger charge is 2.39. The van der Waals surface area contributed by atoms with Crippen molar-refractivity contribution in [2.45, 2.75) is 38.5 Å². The highest BCUT2D eigenvalue weighted by molar-refractivity contribution is 5.94. The summed E-state index contributed by atoms with van der Waals surface area (Å²) in [5, 5.41) is 20.1. The molecule has 0 radical (unpaired) electrons. The average molecular weight is 683 g/mol. The SMILES string of the molecule is CC1(C)c2ccccc2-c2cccc(-c3cc(-c4cccc5c4C(C)(C)c4ccccc4-5)cc(N(c4ncncn4)c4ccc(C#N)cc4C#N)c3)c21. The number of aromatic nitrogens is 3. The molecule has 2 aliphatic rings. The van der Waals surface area contributed by atoms with Crippen LogP contribution in [0.15, 0.2) is 134 Å². The van der Waals surface area contributed by atoms with Crippen LogP contribution in [0.2, 0.25) is 0 Å². The number of benzene rings is 6. The van der Waals surface area contributed by atoms with Crippen molar-refractivity contribution < 1.29 is 0 Å². The molecule has 0 N–H and O–H groups in total. The van der Waals surface area contributed by atoms with Crippen LogP contribution in [0, 0.1) is 22.7 Å². The second-order valence-electron chi connectivity index (χ2n) is 14.8. The van der Waals surface area contributed by atoms with Crippen molar-refractivity contribution in [3.8, 4) is 56.6 Å². The highest BCUT2D eigenvalue weighted by atomic mass is 15.3. The van der Waals surface area contributed by atoms with Crippen LogP contribution in [0.3, 0.4) is 0 Å². The summed E-state index contributed by atoms with van der Waals surface area (Å²) in [5.41, 5.74) is 16.1. The molecule has 6 aromatic carbocycles. The number of anilines is 3. The maximum Gasteiger partial charge on any atom is 0.237 e. The summed E-state index contributed by atoms with van der Waals surface area (Å²) in [6.45, 7) is 9.23. The highest BCUT2D eigenvalue weighted by Crippen LogP contribution is 2.55. The number of rotatable bonds is 5. The summed E-state index contributed by atoms with van der Waals surface area (Å²) >= 11 is 0. The number of hydrogen-bond acceptors (Lipinski definition) is 6. The van der Waals surface area contributed by atoms with Gasteiger partial charge in [-0.3, -0.25) is 4.90 Å². The van der Waals surface area contributed by atoms with Gasteiger partial charge in [0.05, 0.1) is 28.6 Å². The molecule has 0 bridgehead atoms. The van der Waals surface area contributed by atoms with Crippen molar-refractivity contribution in [3.63, 3.8) is 0 Å². The van der Waals surface area contributed by atoms with Gasteiger partial charge in [-0.2, -0.15) is 10.5 Å². The van der Waals surface area contributed by atoms with Crippen LogP contribution in [-0.4, -0.2) is 15.0 Å². The van der Waals surface area contributed by atoms with E-state index in [0.29, 0.717) is 22.8 Å². The van der Waals surface area contributed by atoms with E-state index in [1.54, 1.807) is 18.2 Å². The molecule has 1 heterocycles. The quantitative estimate of drug-likeness (QED) is 0.179. The molecule has 9 rings (SSSR count). The van der Waals surface area contributed by atoms with E-state index in [9.17, 15) is 10.5 Å². The zero-order chi connectivity index (χ0) is 36.5. The summed E-state index contributed by atoms with van der Waals surface area (Å²) in [7, 11) is 0. The van der Waals surface area contributed by atoms with E-state index >= 15 is 0 Å². The molecule has 0 saturated carbocycles. The van der Waals surface area contributed by atoms with E-state index in [1.807, 2.05) is 4.90 Å². The van der Waals surface area contributed by atoms with Gasteiger partial charge in [0.1, 0.15) is 18.7 Å². The largest absolute Gasteiger partial charge is 0.278 e. The smallest absolute Gasteiger partial charge is 0.237 e. The van der Waals surface area contributed by atoms with Crippen LogP contribution in [0.4, 0.5) is 17.3 Å². The lowest BCUT2D eigenvalue weighted by molar-refractivity contribution is 0.662. The van der Waals surface area contributed by atoms with E-state index in [1.165, 1.54) is 57.2 Å².